The van der Waals surface area contributed by atoms with E-state index in [0.717, 1.165) is 47.0 Å². The van der Waals surface area contributed by atoms with Gasteiger partial charge in [-0.15, -0.1) is 5.10 Å². The molecule has 0 N–H and O–H groups in total. The summed E-state index contributed by atoms with van der Waals surface area (Å²) < 4.78 is 7.52. The second-order valence-corrected chi connectivity index (χ2v) is 6.03. The van der Waals surface area contributed by atoms with Crippen molar-refractivity contribution in [3.63, 3.8) is 0 Å². The Morgan fingerprint density at radius 3 is 2.59 bits per heavy atom. The fourth-order valence-electron chi connectivity index (χ4n) is 2.93. The second-order valence-electron chi connectivity index (χ2n) is 5.62. The number of aryl methyl sites for hydroxylation is 2. The Morgan fingerprint density at radius 1 is 1.32 bits per heavy atom. The molecule has 0 saturated heterocycles. The Morgan fingerprint density at radius 2 is 2.05 bits per heavy atom. The number of halogens is 1. The van der Waals surface area contributed by atoms with E-state index in [9.17, 15) is 0 Å². The number of nitrogens with zero attached hydrogens (tertiary/aromatic N) is 3. The largest absolute Gasteiger partial charge is 0.496 e. The lowest BCUT2D eigenvalue weighted by Crippen LogP contribution is -2.08. The van der Waals surface area contributed by atoms with Crippen LogP contribution in [0.5, 0.6) is 5.75 Å². The molecule has 22 heavy (non-hydrogen) atoms. The quantitative estimate of drug-likeness (QED) is 0.795. The summed E-state index contributed by atoms with van der Waals surface area (Å²) >= 11 is 6.39. The lowest BCUT2D eigenvalue weighted by molar-refractivity contribution is 0.400. The minimum Gasteiger partial charge on any atom is -0.496 e. The van der Waals surface area contributed by atoms with Gasteiger partial charge in [0.15, 0.2) is 0 Å². The van der Waals surface area contributed by atoms with Crippen LogP contribution >= 0.6 is 11.6 Å². The zero-order chi connectivity index (χ0) is 16.3. The van der Waals surface area contributed by atoms with Gasteiger partial charge in [-0.2, -0.15) is 0 Å². The van der Waals surface area contributed by atoms with Crippen LogP contribution in [-0.4, -0.2) is 22.1 Å². The molecule has 0 spiro atoms. The van der Waals surface area contributed by atoms with Crippen molar-refractivity contribution in [3.05, 3.63) is 39.7 Å². The van der Waals surface area contributed by atoms with Gasteiger partial charge in [-0.05, 0) is 50.3 Å². The van der Waals surface area contributed by atoms with Gasteiger partial charge in [0.2, 0.25) is 0 Å². The number of hydrogen-bond acceptors (Lipinski definition) is 3. The van der Waals surface area contributed by atoms with Gasteiger partial charge in [-0.3, -0.25) is 4.68 Å². The van der Waals surface area contributed by atoms with E-state index in [-0.39, 0.29) is 0 Å². The first-order valence-electron chi connectivity index (χ1n) is 7.74. The molecular weight excluding hydrogens is 298 g/mol. The van der Waals surface area contributed by atoms with Crippen molar-refractivity contribution in [2.45, 2.75) is 53.0 Å². The van der Waals surface area contributed by atoms with Crippen LogP contribution in [0.25, 0.3) is 0 Å². The molecule has 5 heteroatoms. The fourth-order valence-corrected chi connectivity index (χ4v) is 3.19. The van der Waals surface area contributed by atoms with Crippen LogP contribution in [0, 0.1) is 13.8 Å². The molecule has 120 valence electrons. The van der Waals surface area contributed by atoms with Gasteiger partial charge < -0.3 is 4.74 Å². The van der Waals surface area contributed by atoms with E-state index >= 15 is 0 Å². The van der Waals surface area contributed by atoms with Gasteiger partial charge in [0.1, 0.15) is 5.75 Å². The molecule has 0 bridgehead atoms. The van der Waals surface area contributed by atoms with Gasteiger partial charge >= 0.3 is 0 Å². The molecule has 1 aromatic carbocycles. The molecule has 4 nitrogen and oxygen atoms in total. The lowest BCUT2D eigenvalue weighted by Gasteiger charge is -2.22. The molecule has 0 aliphatic carbocycles. The Hall–Kier alpha value is -1.55. The highest BCUT2D eigenvalue weighted by atomic mass is 35.5. The minimum atomic E-state index is 0.314. The Balaban J connectivity index is 2.42. The number of ether oxygens (including phenoxy) is 1. The zero-order valence-electron chi connectivity index (χ0n) is 14.0. The molecule has 0 saturated carbocycles. The third-order valence-corrected chi connectivity index (χ3v) is 4.57. The number of hydrogen-bond donors (Lipinski definition) is 0. The summed E-state index contributed by atoms with van der Waals surface area (Å²) in [6.07, 6.45) is 3.85. The van der Waals surface area contributed by atoms with Crippen LogP contribution in [0.1, 0.15) is 48.6 Å². The van der Waals surface area contributed by atoms with Crippen molar-refractivity contribution in [1.29, 1.82) is 0 Å². The lowest BCUT2D eigenvalue weighted by atomic mass is 9.87. The number of methoxy groups -OCH3 is 1. The third-order valence-electron chi connectivity index (χ3n) is 4.18. The molecule has 1 aromatic heterocycles. The topological polar surface area (TPSA) is 39.9 Å². The summed E-state index contributed by atoms with van der Waals surface area (Å²) in [6, 6.07) is 1.97. The van der Waals surface area contributed by atoms with E-state index < -0.39 is 0 Å². The number of benzene rings is 1. The molecule has 2 rings (SSSR count). The summed E-state index contributed by atoms with van der Waals surface area (Å²) in [5.74, 6) is 1.26. The molecule has 0 radical (unpaired) electrons. The normalized spacial score (nSPS) is 12.5. The van der Waals surface area contributed by atoms with Gasteiger partial charge in [0.25, 0.3) is 0 Å². The molecule has 2 aromatic rings. The highest BCUT2D eigenvalue weighted by molar-refractivity contribution is 6.31. The smallest absolute Gasteiger partial charge is 0.125 e. The highest BCUT2D eigenvalue weighted by Gasteiger charge is 2.22. The Labute approximate surface area is 137 Å². The van der Waals surface area contributed by atoms with E-state index in [4.69, 9.17) is 16.3 Å². The van der Waals surface area contributed by atoms with Crippen LogP contribution in [0.3, 0.4) is 0 Å². The van der Waals surface area contributed by atoms with Crippen molar-refractivity contribution >= 4 is 11.6 Å². The van der Waals surface area contributed by atoms with Crippen LogP contribution in [0.4, 0.5) is 0 Å². The van der Waals surface area contributed by atoms with Gasteiger partial charge in [0, 0.05) is 29.7 Å². The monoisotopic (exact) mass is 321 g/mol. The third kappa shape index (κ3) is 3.27. The molecule has 0 aliphatic heterocycles. The minimum absolute atomic E-state index is 0.314. The first-order valence-corrected chi connectivity index (χ1v) is 8.12. The zero-order valence-corrected chi connectivity index (χ0v) is 14.7. The van der Waals surface area contributed by atoms with Gasteiger partial charge in [0.05, 0.1) is 12.8 Å². The predicted molar refractivity (Wildman–Crippen MR) is 89.9 cm³/mol. The Kier molecular flexibility index (Phi) is 5.46. The molecule has 1 atom stereocenters. The van der Waals surface area contributed by atoms with Crippen molar-refractivity contribution in [2.75, 3.05) is 7.11 Å². The number of rotatable bonds is 6. The highest BCUT2D eigenvalue weighted by Crippen LogP contribution is 2.39. The second kappa shape index (κ2) is 7.14. The summed E-state index contributed by atoms with van der Waals surface area (Å²) in [7, 11) is 1.72. The van der Waals surface area contributed by atoms with Crippen molar-refractivity contribution in [1.82, 2.24) is 15.0 Å². The van der Waals surface area contributed by atoms with Gasteiger partial charge in [-0.1, -0.05) is 23.7 Å². The average molecular weight is 322 g/mol. The van der Waals surface area contributed by atoms with Crippen LogP contribution < -0.4 is 4.74 Å². The standard InChI is InChI=1S/C17H24ClN3O/c1-6-13(9-14-10-21(7-2)20-19-14)16-12(4)15(18)8-11(3)17(16)22-5/h8,10,13H,6-7,9H2,1-5H3. The van der Waals surface area contributed by atoms with E-state index in [0.29, 0.717) is 5.92 Å². The van der Waals surface area contributed by atoms with Gasteiger partial charge in [-0.25, -0.2) is 0 Å². The maximum atomic E-state index is 6.39. The predicted octanol–water partition coefficient (Wildman–Crippen LogP) is 4.31. The molecule has 1 unspecified atom stereocenters. The fraction of sp³-hybridized carbons (Fsp3) is 0.529. The summed E-state index contributed by atoms with van der Waals surface area (Å²) in [4.78, 5) is 0. The molecule has 1 heterocycles. The van der Waals surface area contributed by atoms with E-state index in [1.807, 2.05) is 23.9 Å². The Bertz CT molecular complexity index is 652. The molecule has 0 amide bonds. The SMILES string of the molecule is CCC(Cc1cn(CC)nn1)c1c(C)c(Cl)cc(C)c1OC. The number of aromatic nitrogens is 3. The average Bonchev–Trinajstić information content (AvgIpc) is 2.96. The van der Waals surface area contributed by atoms with E-state index in [2.05, 4.69) is 31.1 Å². The van der Waals surface area contributed by atoms with E-state index in [1.54, 1.807) is 7.11 Å². The van der Waals surface area contributed by atoms with Crippen molar-refractivity contribution in [3.8, 4) is 5.75 Å². The van der Waals surface area contributed by atoms with Crippen molar-refractivity contribution in [2.24, 2.45) is 0 Å². The summed E-state index contributed by atoms with van der Waals surface area (Å²) in [5.41, 5.74) is 4.37. The maximum absolute atomic E-state index is 6.39. The van der Waals surface area contributed by atoms with Crippen LogP contribution in [-0.2, 0) is 13.0 Å². The van der Waals surface area contributed by atoms with Crippen LogP contribution in [0.2, 0.25) is 5.02 Å². The molecular formula is C17H24ClN3O. The van der Waals surface area contributed by atoms with E-state index in [1.165, 1.54) is 5.56 Å². The van der Waals surface area contributed by atoms with Crippen molar-refractivity contribution < 1.29 is 4.74 Å². The first-order chi connectivity index (χ1) is 10.5. The summed E-state index contributed by atoms with van der Waals surface area (Å²) in [5, 5.41) is 9.19. The molecule has 0 fully saturated rings. The van der Waals surface area contributed by atoms with Crippen LogP contribution in [0.15, 0.2) is 12.3 Å². The maximum Gasteiger partial charge on any atom is 0.125 e. The summed E-state index contributed by atoms with van der Waals surface area (Å²) in [6.45, 7) is 9.18. The first kappa shape index (κ1) is 16.8. The molecule has 0 aliphatic rings.